The molecule has 2 heterocycles. The molecule has 1 amide bonds. The normalized spacial score (nSPS) is 33.4. The van der Waals surface area contributed by atoms with Crippen molar-refractivity contribution in [1.29, 1.82) is 0 Å². The summed E-state index contributed by atoms with van der Waals surface area (Å²) in [6.07, 6.45) is 5.73. The molecule has 3 atom stereocenters. The number of carbonyl (C=O) groups is 1. The second-order valence-electron chi connectivity index (χ2n) is 5.56. The number of nitrogens with one attached hydrogen (secondary N) is 1. The van der Waals surface area contributed by atoms with Gasteiger partial charge < -0.3 is 15.0 Å². The van der Waals surface area contributed by atoms with Crippen molar-refractivity contribution in [3.05, 3.63) is 0 Å². The Morgan fingerprint density at radius 2 is 2.17 bits per heavy atom. The molecule has 104 valence electrons. The highest BCUT2D eigenvalue weighted by Crippen LogP contribution is 2.18. The van der Waals surface area contributed by atoms with Gasteiger partial charge in [-0.1, -0.05) is 0 Å². The van der Waals surface area contributed by atoms with E-state index in [1.165, 1.54) is 6.42 Å². The average molecular weight is 254 g/mol. The Labute approximate surface area is 110 Å². The Morgan fingerprint density at radius 1 is 1.33 bits per heavy atom. The van der Waals surface area contributed by atoms with Crippen molar-refractivity contribution in [2.24, 2.45) is 0 Å². The van der Waals surface area contributed by atoms with Gasteiger partial charge in [0, 0.05) is 25.7 Å². The zero-order valence-corrected chi connectivity index (χ0v) is 11.7. The van der Waals surface area contributed by atoms with Gasteiger partial charge in [-0.3, -0.25) is 4.79 Å². The van der Waals surface area contributed by atoms with Gasteiger partial charge in [-0.05, 0) is 46.0 Å². The van der Waals surface area contributed by atoms with Crippen LogP contribution in [0.1, 0.15) is 46.0 Å². The number of amides is 1. The minimum atomic E-state index is 0.0362. The third-order valence-electron chi connectivity index (χ3n) is 4.01. The van der Waals surface area contributed by atoms with Crippen molar-refractivity contribution >= 4 is 5.91 Å². The molecule has 0 aromatic carbocycles. The number of piperidine rings is 2. The molecule has 0 aromatic heterocycles. The summed E-state index contributed by atoms with van der Waals surface area (Å²) in [5.41, 5.74) is 0. The molecule has 2 aliphatic rings. The monoisotopic (exact) mass is 254 g/mol. The van der Waals surface area contributed by atoms with E-state index in [9.17, 15) is 4.79 Å². The Morgan fingerprint density at radius 3 is 2.89 bits per heavy atom. The molecule has 18 heavy (non-hydrogen) atoms. The molecule has 0 saturated carbocycles. The minimum absolute atomic E-state index is 0.0362. The van der Waals surface area contributed by atoms with E-state index in [0.717, 1.165) is 45.4 Å². The summed E-state index contributed by atoms with van der Waals surface area (Å²) in [5, 5.41) is 3.43. The van der Waals surface area contributed by atoms with E-state index in [1.54, 1.807) is 0 Å². The Kier molecular flexibility index (Phi) is 5.01. The van der Waals surface area contributed by atoms with E-state index in [-0.39, 0.29) is 18.1 Å². The highest BCUT2D eigenvalue weighted by atomic mass is 16.5. The highest BCUT2D eigenvalue weighted by Gasteiger charge is 2.31. The number of hydrogen-bond donors (Lipinski definition) is 1. The number of carbonyl (C=O) groups excluding carboxylic acids is 1. The number of likely N-dealkylation sites (tertiary alicyclic amines) is 1. The van der Waals surface area contributed by atoms with E-state index >= 15 is 0 Å². The zero-order chi connectivity index (χ0) is 13.0. The van der Waals surface area contributed by atoms with Crippen LogP contribution < -0.4 is 5.32 Å². The molecule has 4 nitrogen and oxygen atoms in total. The first-order valence-corrected chi connectivity index (χ1v) is 7.37. The molecular formula is C14H26N2O2. The van der Waals surface area contributed by atoms with Crippen molar-refractivity contribution in [2.45, 2.75) is 64.1 Å². The smallest absolute Gasteiger partial charge is 0.239 e. The molecule has 0 bridgehead atoms. The molecule has 1 N–H and O–H groups in total. The van der Waals surface area contributed by atoms with E-state index in [0.29, 0.717) is 6.04 Å². The fraction of sp³-hybridized carbons (Fsp3) is 0.929. The number of rotatable bonds is 3. The lowest BCUT2D eigenvalue weighted by Gasteiger charge is -2.37. The van der Waals surface area contributed by atoms with Crippen LogP contribution in [0.2, 0.25) is 0 Å². The molecule has 4 heteroatoms. The van der Waals surface area contributed by atoms with Crippen molar-refractivity contribution in [3.8, 4) is 0 Å². The number of ether oxygens (including phenoxy) is 1. The SMILES string of the molecule is CCOC1CCCN(C(=O)C2CCCC(C)N2)C1. The lowest BCUT2D eigenvalue weighted by molar-refractivity contribution is -0.138. The summed E-state index contributed by atoms with van der Waals surface area (Å²) in [7, 11) is 0. The van der Waals surface area contributed by atoms with Crippen molar-refractivity contribution < 1.29 is 9.53 Å². The first kappa shape index (κ1) is 13.8. The van der Waals surface area contributed by atoms with E-state index in [1.807, 2.05) is 11.8 Å². The van der Waals surface area contributed by atoms with Crippen LogP contribution in [0.3, 0.4) is 0 Å². The standard InChI is InChI=1S/C14H26N2O2/c1-3-18-12-7-5-9-16(10-12)14(17)13-8-4-6-11(2)15-13/h11-13,15H,3-10H2,1-2H3. The fourth-order valence-electron chi connectivity index (χ4n) is 3.06. The molecule has 0 aliphatic carbocycles. The van der Waals surface area contributed by atoms with Gasteiger partial charge in [0.2, 0.25) is 5.91 Å². The first-order valence-electron chi connectivity index (χ1n) is 7.37. The predicted molar refractivity (Wildman–Crippen MR) is 71.5 cm³/mol. The maximum Gasteiger partial charge on any atom is 0.239 e. The Bertz CT molecular complexity index is 281. The summed E-state index contributed by atoms with van der Waals surface area (Å²) in [4.78, 5) is 14.5. The van der Waals surface area contributed by atoms with Gasteiger partial charge in [-0.15, -0.1) is 0 Å². The van der Waals surface area contributed by atoms with Gasteiger partial charge in [-0.25, -0.2) is 0 Å². The second-order valence-corrected chi connectivity index (χ2v) is 5.56. The summed E-state index contributed by atoms with van der Waals surface area (Å²) in [5.74, 6) is 0.283. The van der Waals surface area contributed by atoms with Gasteiger partial charge >= 0.3 is 0 Å². The van der Waals surface area contributed by atoms with Crippen molar-refractivity contribution in [3.63, 3.8) is 0 Å². The van der Waals surface area contributed by atoms with Gasteiger partial charge in [-0.2, -0.15) is 0 Å². The molecule has 2 saturated heterocycles. The van der Waals surface area contributed by atoms with Crippen LogP contribution in [0.5, 0.6) is 0 Å². The fourth-order valence-corrected chi connectivity index (χ4v) is 3.06. The summed E-state index contributed by atoms with van der Waals surface area (Å²) >= 11 is 0. The maximum absolute atomic E-state index is 12.5. The van der Waals surface area contributed by atoms with Crippen molar-refractivity contribution in [2.75, 3.05) is 19.7 Å². The molecule has 2 aliphatic heterocycles. The van der Waals surface area contributed by atoms with Crippen LogP contribution in [-0.2, 0) is 9.53 Å². The Balaban J connectivity index is 1.87. The maximum atomic E-state index is 12.5. The molecular weight excluding hydrogens is 228 g/mol. The van der Waals surface area contributed by atoms with Crippen LogP contribution in [0.4, 0.5) is 0 Å². The largest absolute Gasteiger partial charge is 0.377 e. The average Bonchev–Trinajstić information content (AvgIpc) is 2.39. The van der Waals surface area contributed by atoms with Gasteiger partial charge in [0.15, 0.2) is 0 Å². The summed E-state index contributed by atoms with van der Waals surface area (Å²) < 4.78 is 5.66. The topological polar surface area (TPSA) is 41.6 Å². The van der Waals surface area contributed by atoms with E-state index < -0.39 is 0 Å². The van der Waals surface area contributed by atoms with Gasteiger partial charge in [0.05, 0.1) is 12.1 Å². The van der Waals surface area contributed by atoms with Crippen LogP contribution in [0.15, 0.2) is 0 Å². The van der Waals surface area contributed by atoms with Gasteiger partial charge in [0.25, 0.3) is 0 Å². The van der Waals surface area contributed by atoms with Crippen LogP contribution in [0, 0.1) is 0 Å². The zero-order valence-electron chi connectivity index (χ0n) is 11.7. The molecule has 0 aromatic rings. The molecule has 0 radical (unpaired) electrons. The molecule has 0 spiro atoms. The third kappa shape index (κ3) is 3.45. The van der Waals surface area contributed by atoms with Crippen LogP contribution >= 0.6 is 0 Å². The van der Waals surface area contributed by atoms with Gasteiger partial charge in [0.1, 0.15) is 0 Å². The molecule has 2 rings (SSSR count). The molecule has 3 unspecified atom stereocenters. The Hall–Kier alpha value is -0.610. The van der Waals surface area contributed by atoms with Crippen LogP contribution in [0.25, 0.3) is 0 Å². The third-order valence-corrected chi connectivity index (χ3v) is 4.01. The number of nitrogens with zero attached hydrogens (tertiary/aromatic N) is 1. The number of hydrogen-bond acceptors (Lipinski definition) is 3. The van der Waals surface area contributed by atoms with E-state index in [2.05, 4.69) is 12.2 Å². The lowest BCUT2D eigenvalue weighted by Crippen LogP contribution is -2.54. The predicted octanol–water partition coefficient (Wildman–Crippen LogP) is 1.54. The quantitative estimate of drug-likeness (QED) is 0.831. The second kappa shape index (κ2) is 6.53. The minimum Gasteiger partial charge on any atom is -0.377 e. The summed E-state index contributed by atoms with van der Waals surface area (Å²) in [6.45, 7) is 6.60. The first-order chi connectivity index (χ1) is 8.70. The van der Waals surface area contributed by atoms with Crippen molar-refractivity contribution in [1.82, 2.24) is 10.2 Å². The van der Waals surface area contributed by atoms with E-state index in [4.69, 9.17) is 4.74 Å². The highest BCUT2D eigenvalue weighted by molar-refractivity contribution is 5.82. The van der Waals surface area contributed by atoms with Crippen LogP contribution in [-0.4, -0.2) is 48.7 Å². The molecule has 2 fully saturated rings. The summed E-state index contributed by atoms with van der Waals surface area (Å²) in [6, 6.07) is 0.509. The lowest BCUT2D eigenvalue weighted by atomic mass is 9.97.